The van der Waals surface area contributed by atoms with E-state index in [9.17, 15) is 4.39 Å². The number of rotatable bonds is 2. The van der Waals surface area contributed by atoms with Crippen molar-refractivity contribution < 1.29 is 4.39 Å². The molecule has 2 N–H and O–H groups in total. The second-order valence-corrected chi connectivity index (χ2v) is 3.47. The number of nitrogens with zero attached hydrogens (tertiary/aromatic N) is 3. The summed E-state index contributed by atoms with van der Waals surface area (Å²) in [5.41, 5.74) is 16.5. The molecule has 4 nitrogen and oxygen atoms in total. The molecule has 0 radical (unpaired) electrons. The highest BCUT2D eigenvalue weighted by Crippen LogP contribution is 2.29. The van der Waals surface area contributed by atoms with E-state index in [1.807, 2.05) is 0 Å². The molecule has 0 amide bonds. The van der Waals surface area contributed by atoms with Crippen LogP contribution in [-0.4, -0.2) is 0 Å². The van der Waals surface area contributed by atoms with Gasteiger partial charge in [-0.1, -0.05) is 23.3 Å². The van der Waals surface area contributed by atoms with Crippen LogP contribution in [0.5, 0.6) is 0 Å². The van der Waals surface area contributed by atoms with Gasteiger partial charge in [0.1, 0.15) is 5.82 Å². The first-order valence-corrected chi connectivity index (χ1v) is 4.91. The van der Waals surface area contributed by atoms with Crippen LogP contribution in [0.4, 0.5) is 15.8 Å². The fourth-order valence-electron chi connectivity index (χ4n) is 1.50. The van der Waals surface area contributed by atoms with E-state index in [0.717, 1.165) is 11.1 Å². The zero-order valence-electron chi connectivity index (χ0n) is 8.84. The summed E-state index contributed by atoms with van der Waals surface area (Å²) >= 11 is 0. The maximum atomic E-state index is 12.8. The van der Waals surface area contributed by atoms with Crippen LogP contribution in [-0.2, 0) is 0 Å². The van der Waals surface area contributed by atoms with E-state index in [0.29, 0.717) is 11.4 Å². The van der Waals surface area contributed by atoms with Crippen molar-refractivity contribution in [2.45, 2.75) is 0 Å². The number of benzene rings is 2. The molecule has 0 saturated heterocycles. The smallest absolute Gasteiger partial charge is 0.123 e. The van der Waals surface area contributed by atoms with Gasteiger partial charge in [0.25, 0.3) is 0 Å². The Balaban J connectivity index is 2.49. The lowest BCUT2D eigenvalue weighted by atomic mass is 10.0. The van der Waals surface area contributed by atoms with E-state index in [1.54, 1.807) is 30.3 Å². The van der Waals surface area contributed by atoms with Gasteiger partial charge in [0.2, 0.25) is 0 Å². The molecule has 0 saturated carbocycles. The third-order valence-corrected chi connectivity index (χ3v) is 2.36. The minimum absolute atomic E-state index is 0.292. The normalized spacial score (nSPS) is 9.71. The molecule has 2 aromatic rings. The van der Waals surface area contributed by atoms with Crippen molar-refractivity contribution in [3.05, 3.63) is 58.7 Å². The zero-order chi connectivity index (χ0) is 12.3. The Morgan fingerprint density at radius 1 is 1.06 bits per heavy atom. The topological polar surface area (TPSA) is 74.8 Å². The van der Waals surface area contributed by atoms with Gasteiger partial charge in [0, 0.05) is 10.6 Å². The van der Waals surface area contributed by atoms with E-state index in [1.165, 1.54) is 12.1 Å². The van der Waals surface area contributed by atoms with Crippen LogP contribution in [0.3, 0.4) is 0 Å². The lowest BCUT2D eigenvalue weighted by Crippen LogP contribution is -1.86. The molecular weight excluding hydrogens is 219 g/mol. The highest BCUT2D eigenvalue weighted by molar-refractivity contribution is 5.74. The fraction of sp³-hybridized carbons (Fsp3) is 0. The molecule has 0 heterocycles. The third kappa shape index (κ3) is 2.35. The molecule has 0 atom stereocenters. The van der Waals surface area contributed by atoms with Crippen molar-refractivity contribution in [3.63, 3.8) is 0 Å². The van der Waals surface area contributed by atoms with E-state index in [-0.39, 0.29) is 5.82 Å². The van der Waals surface area contributed by atoms with Crippen molar-refractivity contribution in [1.82, 2.24) is 0 Å². The molecule has 2 rings (SSSR count). The number of nitrogens with two attached hydrogens (primary N) is 1. The minimum atomic E-state index is -0.292. The molecule has 0 fully saturated rings. The Labute approximate surface area is 97.1 Å². The standard InChI is InChI=1S/C12H9FN4/c13-10-4-1-8(2-5-10)9-3-6-11(14)12(7-9)16-17-15/h1-7H,14H2. The minimum Gasteiger partial charge on any atom is -0.398 e. The maximum absolute atomic E-state index is 12.8. The van der Waals surface area contributed by atoms with Gasteiger partial charge in [-0.15, -0.1) is 0 Å². The number of hydrogen-bond donors (Lipinski definition) is 1. The molecule has 0 bridgehead atoms. The van der Waals surface area contributed by atoms with Crippen LogP contribution in [0.1, 0.15) is 0 Å². The molecule has 0 spiro atoms. The Morgan fingerprint density at radius 2 is 1.71 bits per heavy atom. The van der Waals surface area contributed by atoms with Crippen LogP contribution in [0.15, 0.2) is 47.6 Å². The molecule has 5 heteroatoms. The predicted octanol–water partition coefficient (Wildman–Crippen LogP) is 4.02. The van der Waals surface area contributed by atoms with Gasteiger partial charge >= 0.3 is 0 Å². The zero-order valence-corrected chi connectivity index (χ0v) is 8.84. The maximum Gasteiger partial charge on any atom is 0.123 e. The SMILES string of the molecule is [N-]=[N+]=Nc1cc(-c2ccc(F)cc2)ccc1N. The second-order valence-electron chi connectivity index (χ2n) is 3.47. The highest BCUT2D eigenvalue weighted by atomic mass is 19.1. The summed E-state index contributed by atoms with van der Waals surface area (Å²) < 4.78 is 12.8. The average molecular weight is 228 g/mol. The van der Waals surface area contributed by atoms with Gasteiger partial charge in [-0.3, -0.25) is 0 Å². The Morgan fingerprint density at radius 3 is 2.35 bits per heavy atom. The number of halogens is 1. The quantitative estimate of drug-likeness (QED) is 0.358. The Bertz CT molecular complexity index is 586. The summed E-state index contributed by atoms with van der Waals surface area (Å²) in [5, 5.41) is 3.49. The Hall–Kier alpha value is -2.52. The molecule has 0 aliphatic carbocycles. The monoisotopic (exact) mass is 228 g/mol. The number of azide groups is 1. The first-order chi connectivity index (χ1) is 8.20. The van der Waals surface area contributed by atoms with Crippen molar-refractivity contribution >= 4 is 11.4 Å². The van der Waals surface area contributed by atoms with Crippen LogP contribution in [0.2, 0.25) is 0 Å². The van der Waals surface area contributed by atoms with Crippen molar-refractivity contribution in [2.24, 2.45) is 5.11 Å². The van der Waals surface area contributed by atoms with E-state index in [4.69, 9.17) is 11.3 Å². The van der Waals surface area contributed by atoms with Gasteiger partial charge in [-0.05, 0) is 40.9 Å². The van der Waals surface area contributed by atoms with Crippen LogP contribution in [0, 0.1) is 5.82 Å². The molecule has 2 aromatic carbocycles. The summed E-state index contributed by atoms with van der Waals surface area (Å²) in [7, 11) is 0. The molecular formula is C12H9FN4. The number of nitrogen functional groups attached to an aromatic ring is 1. The summed E-state index contributed by atoms with van der Waals surface area (Å²) in [6, 6.07) is 11.2. The van der Waals surface area contributed by atoms with Gasteiger partial charge < -0.3 is 5.73 Å². The fourth-order valence-corrected chi connectivity index (χ4v) is 1.50. The summed E-state index contributed by atoms with van der Waals surface area (Å²) in [4.78, 5) is 2.70. The molecule has 0 unspecified atom stereocenters. The van der Waals surface area contributed by atoms with Gasteiger partial charge in [-0.2, -0.15) is 0 Å². The van der Waals surface area contributed by atoms with E-state index in [2.05, 4.69) is 10.0 Å². The lowest BCUT2D eigenvalue weighted by Gasteiger charge is -2.04. The largest absolute Gasteiger partial charge is 0.398 e. The van der Waals surface area contributed by atoms with E-state index >= 15 is 0 Å². The number of anilines is 1. The van der Waals surface area contributed by atoms with Crippen LogP contribution >= 0.6 is 0 Å². The Kier molecular flexibility index (Phi) is 2.94. The van der Waals surface area contributed by atoms with Crippen molar-refractivity contribution in [1.29, 1.82) is 0 Å². The first kappa shape index (κ1) is 11.0. The first-order valence-electron chi connectivity index (χ1n) is 4.91. The van der Waals surface area contributed by atoms with Crippen LogP contribution in [0.25, 0.3) is 21.6 Å². The van der Waals surface area contributed by atoms with Crippen molar-refractivity contribution in [2.75, 3.05) is 5.73 Å². The molecule has 0 aliphatic rings. The van der Waals surface area contributed by atoms with Crippen molar-refractivity contribution in [3.8, 4) is 11.1 Å². The predicted molar refractivity (Wildman–Crippen MR) is 65.1 cm³/mol. The van der Waals surface area contributed by atoms with Gasteiger partial charge in [0.15, 0.2) is 0 Å². The summed E-state index contributed by atoms with van der Waals surface area (Å²) in [6.07, 6.45) is 0. The molecule has 0 aliphatic heterocycles. The van der Waals surface area contributed by atoms with Gasteiger partial charge in [-0.25, -0.2) is 4.39 Å². The third-order valence-electron chi connectivity index (χ3n) is 2.36. The number of hydrogen-bond acceptors (Lipinski definition) is 2. The summed E-state index contributed by atoms with van der Waals surface area (Å²) in [5.74, 6) is -0.292. The molecule has 84 valence electrons. The summed E-state index contributed by atoms with van der Waals surface area (Å²) in [6.45, 7) is 0. The average Bonchev–Trinajstić information content (AvgIpc) is 2.33. The second kappa shape index (κ2) is 4.55. The molecule has 17 heavy (non-hydrogen) atoms. The van der Waals surface area contributed by atoms with Gasteiger partial charge in [0.05, 0.1) is 5.69 Å². The van der Waals surface area contributed by atoms with Crippen LogP contribution < -0.4 is 5.73 Å². The molecule has 0 aromatic heterocycles. The lowest BCUT2D eigenvalue weighted by molar-refractivity contribution is 0.628. The van der Waals surface area contributed by atoms with E-state index < -0.39 is 0 Å². The highest BCUT2D eigenvalue weighted by Gasteiger charge is 2.02.